The van der Waals surface area contributed by atoms with Gasteiger partial charge in [0.1, 0.15) is 5.82 Å². The van der Waals surface area contributed by atoms with Crippen molar-refractivity contribution in [2.75, 3.05) is 13.1 Å². The number of nitriles is 1. The van der Waals surface area contributed by atoms with E-state index in [1.54, 1.807) is 11.0 Å². The molecule has 2 heterocycles. The number of hydrogen-bond acceptors (Lipinski definition) is 3. The zero-order valence-electron chi connectivity index (χ0n) is 10.8. The quantitative estimate of drug-likeness (QED) is 0.807. The molecule has 1 aromatic heterocycles. The van der Waals surface area contributed by atoms with Gasteiger partial charge in [-0.1, -0.05) is 6.07 Å². The Morgan fingerprint density at radius 1 is 1.35 bits per heavy atom. The number of fused-ring (bicyclic) bond motifs is 1. The first-order valence-electron chi connectivity index (χ1n) is 6.55. The van der Waals surface area contributed by atoms with E-state index in [4.69, 9.17) is 5.26 Å². The monoisotopic (exact) mass is 288 g/mol. The van der Waals surface area contributed by atoms with Gasteiger partial charge in [-0.25, -0.2) is 4.39 Å². The minimum Gasteiger partial charge on any atom is -0.338 e. The van der Waals surface area contributed by atoms with Crippen LogP contribution in [0.25, 0.3) is 10.1 Å². The van der Waals surface area contributed by atoms with Crippen molar-refractivity contribution in [2.24, 2.45) is 5.92 Å². The van der Waals surface area contributed by atoms with Gasteiger partial charge in [-0.05, 0) is 36.4 Å². The molecule has 0 atom stereocenters. The molecule has 1 fully saturated rings. The van der Waals surface area contributed by atoms with Gasteiger partial charge in [0, 0.05) is 23.7 Å². The molecular formula is C15H13FN2OS. The van der Waals surface area contributed by atoms with Gasteiger partial charge >= 0.3 is 0 Å². The number of amides is 1. The van der Waals surface area contributed by atoms with E-state index >= 15 is 0 Å². The molecule has 2 aromatic rings. The van der Waals surface area contributed by atoms with Gasteiger partial charge in [0.25, 0.3) is 5.91 Å². The number of benzene rings is 1. The largest absolute Gasteiger partial charge is 0.338 e. The maximum atomic E-state index is 13.2. The SMILES string of the molecule is N#CC1CCN(C(=O)c2cc3ccc(F)cc3s2)CC1. The Bertz CT molecular complexity index is 695. The van der Waals surface area contributed by atoms with Crippen molar-refractivity contribution in [1.82, 2.24) is 4.90 Å². The zero-order chi connectivity index (χ0) is 14.1. The summed E-state index contributed by atoms with van der Waals surface area (Å²) in [6.07, 6.45) is 1.48. The van der Waals surface area contributed by atoms with Crippen molar-refractivity contribution in [3.05, 3.63) is 35.0 Å². The lowest BCUT2D eigenvalue weighted by Gasteiger charge is -2.28. The highest BCUT2D eigenvalue weighted by Gasteiger charge is 2.24. The second-order valence-corrected chi connectivity index (χ2v) is 6.07. The number of thiophene rings is 1. The molecule has 0 spiro atoms. The molecule has 0 bridgehead atoms. The van der Waals surface area contributed by atoms with E-state index in [2.05, 4.69) is 6.07 Å². The number of halogens is 1. The summed E-state index contributed by atoms with van der Waals surface area (Å²) in [6, 6.07) is 8.63. The summed E-state index contributed by atoms with van der Waals surface area (Å²) in [6.45, 7) is 1.25. The van der Waals surface area contributed by atoms with Gasteiger partial charge < -0.3 is 4.90 Å². The van der Waals surface area contributed by atoms with Crippen LogP contribution in [0, 0.1) is 23.1 Å². The van der Waals surface area contributed by atoms with Crippen LogP contribution in [-0.4, -0.2) is 23.9 Å². The third-order valence-electron chi connectivity index (χ3n) is 3.66. The number of carbonyl (C=O) groups excluding carboxylic acids is 1. The Kier molecular flexibility index (Phi) is 3.41. The molecule has 1 saturated heterocycles. The standard InChI is InChI=1S/C15H13FN2OS/c16-12-2-1-11-7-14(20-13(11)8-12)15(19)18-5-3-10(9-17)4-6-18/h1-2,7-8,10H,3-6H2. The summed E-state index contributed by atoms with van der Waals surface area (Å²) in [4.78, 5) is 14.8. The van der Waals surface area contributed by atoms with Crippen LogP contribution in [0.2, 0.25) is 0 Å². The first-order valence-corrected chi connectivity index (χ1v) is 7.37. The second-order valence-electron chi connectivity index (χ2n) is 4.99. The fourth-order valence-electron chi connectivity index (χ4n) is 2.48. The molecule has 0 aliphatic carbocycles. The summed E-state index contributed by atoms with van der Waals surface area (Å²) >= 11 is 1.32. The van der Waals surface area contributed by atoms with E-state index in [0.29, 0.717) is 18.0 Å². The van der Waals surface area contributed by atoms with Crippen LogP contribution >= 0.6 is 11.3 Å². The highest BCUT2D eigenvalue weighted by molar-refractivity contribution is 7.20. The number of hydrogen-bond donors (Lipinski definition) is 0. The minimum absolute atomic E-state index is 0.0111. The van der Waals surface area contributed by atoms with E-state index in [9.17, 15) is 9.18 Å². The van der Waals surface area contributed by atoms with Crippen molar-refractivity contribution in [2.45, 2.75) is 12.8 Å². The van der Waals surface area contributed by atoms with Crippen LogP contribution in [-0.2, 0) is 0 Å². The number of likely N-dealkylation sites (tertiary alicyclic amines) is 1. The molecule has 102 valence electrons. The van der Waals surface area contributed by atoms with Crippen molar-refractivity contribution >= 4 is 27.3 Å². The molecule has 1 aromatic carbocycles. The molecule has 0 saturated carbocycles. The minimum atomic E-state index is -0.284. The number of carbonyl (C=O) groups is 1. The van der Waals surface area contributed by atoms with Crippen LogP contribution in [0.5, 0.6) is 0 Å². The lowest BCUT2D eigenvalue weighted by molar-refractivity contribution is 0.0712. The summed E-state index contributed by atoms with van der Waals surface area (Å²) in [7, 11) is 0. The zero-order valence-corrected chi connectivity index (χ0v) is 11.6. The molecule has 1 aliphatic heterocycles. The van der Waals surface area contributed by atoms with Gasteiger partial charge in [0.05, 0.1) is 10.9 Å². The third-order valence-corrected chi connectivity index (χ3v) is 4.74. The van der Waals surface area contributed by atoms with Crippen LogP contribution in [0.1, 0.15) is 22.5 Å². The highest BCUT2D eigenvalue weighted by atomic mass is 32.1. The Morgan fingerprint density at radius 3 is 2.80 bits per heavy atom. The average molecular weight is 288 g/mol. The molecule has 20 heavy (non-hydrogen) atoms. The van der Waals surface area contributed by atoms with Gasteiger partial charge in [-0.2, -0.15) is 5.26 Å². The second kappa shape index (κ2) is 5.22. The average Bonchev–Trinajstić information content (AvgIpc) is 2.89. The predicted molar refractivity (Wildman–Crippen MR) is 76.0 cm³/mol. The molecule has 0 unspecified atom stereocenters. The lowest BCUT2D eigenvalue weighted by Crippen LogP contribution is -2.37. The fourth-order valence-corrected chi connectivity index (χ4v) is 3.53. The smallest absolute Gasteiger partial charge is 0.263 e. The Morgan fingerprint density at radius 2 is 2.10 bits per heavy atom. The van der Waals surface area contributed by atoms with E-state index in [1.807, 2.05) is 6.07 Å². The molecule has 0 N–H and O–H groups in total. The van der Waals surface area contributed by atoms with Crippen LogP contribution < -0.4 is 0 Å². The van der Waals surface area contributed by atoms with Crippen molar-refractivity contribution in [3.8, 4) is 6.07 Å². The molecule has 3 rings (SSSR count). The van der Waals surface area contributed by atoms with E-state index < -0.39 is 0 Å². The fraction of sp³-hybridized carbons (Fsp3) is 0.333. The van der Waals surface area contributed by atoms with Crippen LogP contribution in [0.4, 0.5) is 4.39 Å². The summed E-state index contributed by atoms with van der Waals surface area (Å²) < 4.78 is 14.0. The normalized spacial score (nSPS) is 16.3. The summed E-state index contributed by atoms with van der Waals surface area (Å²) in [5, 5.41) is 9.76. The van der Waals surface area contributed by atoms with E-state index in [-0.39, 0.29) is 17.6 Å². The molecule has 5 heteroatoms. The first-order chi connectivity index (χ1) is 9.67. The number of nitrogens with zero attached hydrogens (tertiary/aromatic N) is 2. The predicted octanol–water partition coefficient (Wildman–Crippen LogP) is 3.42. The molecule has 0 radical (unpaired) electrons. The first kappa shape index (κ1) is 13.1. The maximum Gasteiger partial charge on any atom is 0.263 e. The van der Waals surface area contributed by atoms with E-state index in [0.717, 1.165) is 22.9 Å². The Hall–Kier alpha value is -1.93. The highest BCUT2D eigenvalue weighted by Crippen LogP contribution is 2.28. The van der Waals surface area contributed by atoms with E-state index in [1.165, 1.54) is 23.5 Å². The molecule has 3 nitrogen and oxygen atoms in total. The summed E-state index contributed by atoms with van der Waals surface area (Å²) in [5.41, 5.74) is 0. The van der Waals surface area contributed by atoms with Gasteiger partial charge in [-0.15, -0.1) is 11.3 Å². The van der Waals surface area contributed by atoms with Crippen LogP contribution in [0.15, 0.2) is 24.3 Å². The lowest BCUT2D eigenvalue weighted by atomic mass is 9.98. The van der Waals surface area contributed by atoms with Crippen molar-refractivity contribution in [3.63, 3.8) is 0 Å². The van der Waals surface area contributed by atoms with Gasteiger partial charge in [0.2, 0.25) is 0 Å². The maximum absolute atomic E-state index is 13.2. The van der Waals surface area contributed by atoms with Gasteiger partial charge in [0.15, 0.2) is 0 Å². The topological polar surface area (TPSA) is 44.1 Å². The third kappa shape index (κ3) is 2.39. The Labute approximate surface area is 120 Å². The molecule has 1 amide bonds. The van der Waals surface area contributed by atoms with Crippen molar-refractivity contribution in [1.29, 1.82) is 5.26 Å². The van der Waals surface area contributed by atoms with Crippen molar-refractivity contribution < 1.29 is 9.18 Å². The molecular weight excluding hydrogens is 275 g/mol. The van der Waals surface area contributed by atoms with Crippen LogP contribution in [0.3, 0.4) is 0 Å². The van der Waals surface area contributed by atoms with Gasteiger partial charge in [-0.3, -0.25) is 4.79 Å². The summed E-state index contributed by atoms with van der Waals surface area (Å²) in [5.74, 6) is -0.230. The Balaban J connectivity index is 1.81. The molecule has 1 aliphatic rings. The number of piperidine rings is 1. The number of rotatable bonds is 1.